The number of aryl methyl sites for hydroxylation is 1. The molecule has 1 saturated heterocycles. The summed E-state index contributed by atoms with van der Waals surface area (Å²) in [6.45, 7) is 7.89. The van der Waals surface area contributed by atoms with Crippen LogP contribution >= 0.6 is 0 Å². The predicted octanol–water partition coefficient (Wildman–Crippen LogP) is 2.40. The third kappa shape index (κ3) is 2.91. The Kier molecular flexibility index (Phi) is 4.88. The summed E-state index contributed by atoms with van der Waals surface area (Å²) >= 11 is 0. The van der Waals surface area contributed by atoms with E-state index < -0.39 is 11.4 Å². The number of hydrogen-bond acceptors (Lipinski definition) is 5. The topological polar surface area (TPSA) is 56.3 Å². The highest BCUT2D eigenvalue weighted by molar-refractivity contribution is 5.38. The largest absolute Gasteiger partial charge is 0.381 e. The lowest BCUT2D eigenvalue weighted by molar-refractivity contribution is -0.117. The van der Waals surface area contributed by atoms with Crippen molar-refractivity contribution < 1.29 is 13.9 Å². The number of nitrogens with one attached hydrogen (secondary N) is 1. The van der Waals surface area contributed by atoms with E-state index in [0.717, 1.165) is 0 Å². The van der Waals surface area contributed by atoms with Gasteiger partial charge in [-0.15, -0.1) is 0 Å². The molecule has 1 aromatic rings. The van der Waals surface area contributed by atoms with Crippen molar-refractivity contribution in [3.05, 3.63) is 17.3 Å². The van der Waals surface area contributed by atoms with Crippen molar-refractivity contribution in [2.45, 2.75) is 39.2 Å². The molecular formula is C14H22FN3O2. The zero-order valence-corrected chi connectivity index (χ0v) is 12.3. The van der Waals surface area contributed by atoms with Crippen molar-refractivity contribution in [2.24, 2.45) is 0 Å². The minimum atomic E-state index is -0.560. The summed E-state index contributed by atoms with van der Waals surface area (Å²) in [5.41, 5.74) is -0.216. The average Bonchev–Trinajstić information content (AvgIpc) is 2.45. The molecular weight excluding hydrogens is 261 g/mol. The normalized spacial score (nSPS) is 18.0. The first-order valence-corrected chi connectivity index (χ1v) is 7.13. The molecule has 1 fully saturated rings. The van der Waals surface area contributed by atoms with E-state index in [4.69, 9.17) is 9.47 Å². The Hall–Kier alpha value is -1.27. The number of rotatable bonds is 5. The molecule has 0 unspecified atom stereocenters. The monoisotopic (exact) mass is 283 g/mol. The molecule has 0 aromatic carbocycles. The van der Waals surface area contributed by atoms with E-state index in [1.54, 1.807) is 6.92 Å². The average molecular weight is 283 g/mol. The second-order valence-electron chi connectivity index (χ2n) is 4.87. The van der Waals surface area contributed by atoms with E-state index in [1.165, 1.54) is 0 Å². The lowest BCUT2D eigenvalue weighted by atomic mass is 9.92. The SMILES string of the molecule is CCNc1nc(C2(OCC)CCOCC2)nc(C)c1F. The second-order valence-corrected chi connectivity index (χ2v) is 4.87. The molecule has 0 atom stereocenters. The molecule has 6 heteroatoms. The van der Waals surface area contributed by atoms with Gasteiger partial charge in [0.15, 0.2) is 17.5 Å². The zero-order valence-electron chi connectivity index (χ0n) is 12.3. The molecule has 1 aliphatic heterocycles. The number of anilines is 1. The molecule has 20 heavy (non-hydrogen) atoms. The highest BCUT2D eigenvalue weighted by Gasteiger charge is 2.39. The molecule has 2 rings (SSSR count). The number of ether oxygens (including phenoxy) is 2. The van der Waals surface area contributed by atoms with Crippen LogP contribution in [0, 0.1) is 12.7 Å². The summed E-state index contributed by atoms with van der Waals surface area (Å²) in [7, 11) is 0. The Morgan fingerprint density at radius 1 is 1.30 bits per heavy atom. The molecule has 0 amide bonds. The minimum absolute atomic E-state index is 0.251. The summed E-state index contributed by atoms with van der Waals surface area (Å²) in [4.78, 5) is 8.68. The third-order valence-electron chi connectivity index (χ3n) is 3.49. The number of halogens is 1. The van der Waals surface area contributed by atoms with Gasteiger partial charge in [0.25, 0.3) is 0 Å². The van der Waals surface area contributed by atoms with Gasteiger partial charge < -0.3 is 14.8 Å². The third-order valence-corrected chi connectivity index (χ3v) is 3.49. The fraction of sp³-hybridized carbons (Fsp3) is 0.714. The standard InChI is InChI=1S/C14H22FN3O2/c1-4-16-12-11(15)10(3)17-13(18-12)14(20-5-2)6-8-19-9-7-14/h4-9H2,1-3H3,(H,16,17,18). The first-order valence-electron chi connectivity index (χ1n) is 7.13. The van der Waals surface area contributed by atoms with Crippen LogP contribution in [0.4, 0.5) is 10.2 Å². The molecule has 0 bridgehead atoms. The van der Waals surface area contributed by atoms with Crippen LogP contribution < -0.4 is 5.32 Å². The Bertz CT molecular complexity index is 456. The van der Waals surface area contributed by atoms with Gasteiger partial charge in [-0.25, -0.2) is 14.4 Å². The van der Waals surface area contributed by atoms with E-state index in [9.17, 15) is 4.39 Å². The van der Waals surface area contributed by atoms with Crippen LogP contribution in [0.5, 0.6) is 0 Å². The summed E-state index contributed by atoms with van der Waals surface area (Å²) in [5.74, 6) is 0.410. The van der Waals surface area contributed by atoms with Crippen molar-refractivity contribution in [3.8, 4) is 0 Å². The van der Waals surface area contributed by atoms with Crippen LogP contribution in [-0.4, -0.2) is 36.3 Å². The maximum absolute atomic E-state index is 14.0. The fourth-order valence-corrected chi connectivity index (χ4v) is 2.46. The van der Waals surface area contributed by atoms with E-state index in [1.807, 2.05) is 13.8 Å². The molecule has 2 heterocycles. The van der Waals surface area contributed by atoms with Gasteiger partial charge in [-0.2, -0.15) is 0 Å². The second kappa shape index (κ2) is 6.45. The lowest BCUT2D eigenvalue weighted by Gasteiger charge is -2.35. The Morgan fingerprint density at radius 2 is 2.00 bits per heavy atom. The van der Waals surface area contributed by atoms with Crippen molar-refractivity contribution >= 4 is 5.82 Å². The quantitative estimate of drug-likeness (QED) is 0.899. The molecule has 1 aliphatic rings. The maximum atomic E-state index is 14.0. The van der Waals surface area contributed by atoms with E-state index >= 15 is 0 Å². The lowest BCUT2D eigenvalue weighted by Crippen LogP contribution is -2.38. The zero-order chi connectivity index (χ0) is 14.6. The van der Waals surface area contributed by atoms with Crippen LogP contribution in [-0.2, 0) is 15.1 Å². The van der Waals surface area contributed by atoms with Crippen molar-refractivity contribution in [1.82, 2.24) is 9.97 Å². The van der Waals surface area contributed by atoms with E-state index in [0.29, 0.717) is 50.7 Å². The molecule has 0 radical (unpaired) electrons. The first-order chi connectivity index (χ1) is 9.63. The van der Waals surface area contributed by atoms with Crippen LogP contribution in [0.1, 0.15) is 38.2 Å². The number of aromatic nitrogens is 2. The molecule has 112 valence electrons. The van der Waals surface area contributed by atoms with Crippen LogP contribution in [0.15, 0.2) is 0 Å². The Balaban J connectivity index is 2.42. The van der Waals surface area contributed by atoms with Gasteiger partial charge in [-0.1, -0.05) is 0 Å². The molecule has 1 aromatic heterocycles. The summed E-state index contributed by atoms with van der Waals surface area (Å²) < 4.78 is 25.3. The number of nitrogens with zero attached hydrogens (tertiary/aromatic N) is 2. The van der Waals surface area contributed by atoms with Crippen molar-refractivity contribution in [3.63, 3.8) is 0 Å². The molecule has 0 saturated carbocycles. The number of hydrogen-bond donors (Lipinski definition) is 1. The smallest absolute Gasteiger partial charge is 0.186 e. The molecule has 1 N–H and O–H groups in total. The van der Waals surface area contributed by atoms with Crippen LogP contribution in [0.2, 0.25) is 0 Å². The molecule has 5 nitrogen and oxygen atoms in total. The highest BCUT2D eigenvalue weighted by Crippen LogP contribution is 2.35. The van der Waals surface area contributed by atoms with Gasteiger partial charge in [0.05, 0.1) is 5.69 Å². The van der Waals surface area contributed by atoms with Gasteiger partial charge >= 0.3 is 0 Å². The van der Waals surface area contributed by atoms with Crippen LogP contribution in [0.3, 0.4) is 0 Å². The molecule has 0 spiro atoms. The van der Waals surface area contributed by atoms with E-state index in [-0.39, 0.29) is 5.82 Å². The minimum Gasteiger partial charge on any atom is -0.381 e. The first kappa shape index (κ1) is 15.1. The van der Waals surface area contributed by atoms with Gasteiger partial charge in [0.2, 0.25) is 0 Å². The highest BCUT2D eigenvalue weighted by atomic mass is 19.1. The maximum Gasteiger partial charge on any atom is 0.186 e. The predicted molar refractivity (Wildman–Crippen MR) is 74.2 cm³/mol. The van der Waals surface area contributed by atoms with E-state index in [2.05, 4.69) is 15.3 Å². The summed E-state index contributed by atoms with van der Waals surface area (Å²) in [6, 6.07) is 0. The molecule has 0 aliphatic carbocycles. The van der Waals surface area contributed by atoms with Crippen molar-refractivity contribution in [1.29, 1.82) is 0 Å². The Morgan fingerprint density at radius 3 is 2.60 bits per heavy atom. The van der Waals surface area contributed by atoms with Gasteiger partial charge in [-0.3, -0.25) is 0 Å². The summed E-state index contributed by atoms with van der Waals surface area (Å²) in [6.07, 6.45) is 1.38. The van der Waals surface area contributed by atoms with Gasteiger partial charge in [-0.05, 0) is 20.8 Å². The van der Waals surface area contributed by atoms with Gasteiger partial charge in [0, 0.05) is 39.2 Å². The fourth-order valence-electron chi connectivity index (χ4n) is 2.46. The Labute approximate surface area is 118 Å². The van der Waals surface area contributed by atoms with Crippen LogP contribution in [0.25, 0.3) is 0 Å². The van der Waals surface area contributed by atoms with Gasteiger partial charge in [0.1, 0.15) is 5.60 Å². The summed E-state index contributed by atoms with van der Waals surface area (Å²) in [5, 5.41) is 2.94. The van der Waals surface area contributed by atoms with Crippen molar-refractivity contribution in [2.75, 3.05) is 31.7 Å².